The third-order valence-corrected chi connectivity index (χ3v) is 5.02. The molecule has 4 N–H and O–H groups in total. The summed E-state index contributed by atoms with van der Waals surface area (Å²) in [4.78, 5) is 12.1. The summed E-state index contributed by atoms with van der Waals surface area (Å²) in [7, 11) is 0. The van der Waals surface area contributed by atoms with Crippen LogP contribution in [0.3, 0.4) is 0 Å². The molecule has 2 amide bonds. The van der Waals surface area contributed by atoms with Crippen molar-refractivity contribution in [2.45, 2.75) is 69.5 Å². The first-order valence-corrected chi connectivity index (χ1v) is 9.46. The van der Waals surface area contributed by atoms with Gasteiger partial charge in [0.25, 0.3) is 0 Å². The molecule has 0 spiro atoms. The molecule has 1 fully saturated rings. The van der Waals surface area contributed by atoms with Crippen LogP contribution in [0.2, 0.25) is 0 Å². The maximum atomic E-state index is 12.1. The Bertz CT molecular complexity index is 511. The second-order valence-corrected chi connectivity index (χ2v) is 7.39. The highest BCUT2D eigenvalue weighted by Gasteiger charge is 2.28. The Morgan fingerprint density at radius 3 is 2.36 bits per heavy atom. The molecule has 5 nitrogen and oxygen atoms in total. The summed E-state index contributed by atoms with van der Waals surface area (Å²) in [5.74, 6) is 0.0629. The SMILES string of the molecule is CC(O)CC(CNC(=O)NCC1(O)CCCCCC1)c1ccccc1. The van der Waals surface area contributed by atoms with Crippen LogP contribution in [0, 0.1) is 0 Å². The van der Waals surface area contributed by atoms with Gasteiger partial charge in [-0.15, -0.1) is 0 Å². The van der Waals surface area contributed by atoms with Crippen LogP contribution in [0.5, 0.6) is 0 Å². The lowest BCUT2D eigenvalue weighted by molar-refractivity contribution is 0.0276. The number of hydrogen-bond acceptors (Lipinski definition) is 3. The second kappa shape index (κ2) is 9.78. The zero-order valence-corrected chi connectivity index (χ0v) is 15.2. The second-order valence-electron chi connectivity index (χ2n) is 7.39. The number of amides is 2. The zero-order valence-electron chi connectivity index (χ0n) is 15.2. The van der Waals surface area contributed by atoms with E-state index in [9.17, 15) is 15.0 Å². The molecule has 25 heavy (non-hydrogen) atoms. The number of aliphatic hydroxyl groups excluding tert-OH is 1. The lowest BCUT2D eigenvalue weighted by Gasteiger charge is -2.27. The summed E-state index contributed by atoms with van der Waals surface area (Å²) in [5, 5.41) is 26.0. The number of rotatable bonds is 7. The van der Waals surface area contributed by atoms with Crippen molar-refractivity contribution < 1.29 is 15.0 Å². The molecule has 0 bridgehead atoms. The summed E-state index contributed by atoms with van der Waals surface area (Å²) in [6.45, 7) is 2.52. The summed E-state index contributed by atoms with van der Waals surface area (Å²) in [6, 6.07) is 9.65. The molecule has 0 heterocycles. The molecule has 1 aliphatic carbocycles. The van der Waals surface area contributed by atoms with Gasteiger partial charge in [0, 0.05) is 19.0 Å². The number of urea groups is 1. The largest absolute Gasteiger partial charge is 0.393 e. The summed E-state index contributed by atoms with van der Waals surface area (Å²) in [5.41, 5.74) is 0.331. The molecule has 1 saturated carbocycles. The lowest BCUT2D eigenvalue weighted by Crippen LogP contribution is -2.47. The molecule has 0 radical (unpaired) electrons. The minimum atomic E-state index is -0.772. The fraction of sp³-hybridized carbons (Fsp3) is 0.650. The van der Waals surface area contributed by atoms with Gasteiger partial charge in [-0.3, -0.25) is 0 Å². The van der Waals surface area contributed by atoms with Crippen LogP contribution in [-0.2, 0) is 0 Å². The summed E-state index contributed by atoms with van der Waals surface area (Å²) < 4.78 is 0. The predicted octanol–water partition coefficient (Wildman–Crippen LogP) is 2.93. The van der Waals surface area contributed by atoms with E-state index in [4.69, 9.17) is 0 Å². The maximum absolute atomic E-state index is 12.1. The first kappa shape index (κ1) is 19.7. The van der Waals surface area contributed by atoms with E-state index in [1.807, 2.05) is 30.3 Å². The van der Waals surface area contributed by atoms with E-state index in [2.05, 4.69) is 10.6 Å². The maximum Gasteiger partial charge on any atom is 0.314 e. The van der Waals surface area contributed by atoms with Gasteiger partial charge in [0.2, 0.25) is 0 Å². The number of benzene rings is 1. The van der Waals surface area contributed by atoms with E-state index in [0.717, 1.165) is 44.1 Å². The molecule has 1 aliphatic rings. The van der Waals surface area contributed by atoms with Crippen LogP contribution in [-0.4, -0.2) is 41.0 Å². The van der Waals surface area contributed by atoms with Gasteiger partial charge in [-0.25, -0.2) is 4.79 Å². The molecule has 2 unspecified atom stereocenters. The van der Waals surface area contributed by atoms with E-state index < -0.39 is 11.7 Å². The molecule has 0 saturated heterocycles. The highest BCUT2D eigenvalue weighted by molar-refractivity contribution is 5.74. The Morgan fingerprint density at radius 2 is 1.76 bits per heavy atom. The fourth-order valence-electron chi connectivity index (χ4n) is 3.56. The molecular weight excluding hydrogens is 316 g/mol. The first-order valence-electron chi connectivity index (χ1n) is 9.46. The van der Waals surface area contributed by atoms with E-state index in [0.29, 0.717) is 19.5 Å². The van der Waals surface area contributed by atoms with E-state index in [1.165, 1.54) is 0 Å². The molecule has 0 aliphatic heterocycles. The van der Waals surface area contributed by atoms with Crippen molar-refractivity contribution in [1.82, 2.24) is 10.6 Å². The molecule has 0 aromatic heterocycles. The number of carbonyl (C=O) groups is 1. The predicted molar refractivity (Wildman–Crippen MR) is 99.5 cm³/mol. The van der Waals surface area contributed by atoms with Crippen LogP contribution in [0.1, 0.15) is 63.4 Å². The van der Waals surface area contributed by atoms with Gasteiger partial charge in [-0.2, -0.15) is 0 Å². The van der Waals surface area contributed by atoms with Crippen LogP contribution in [0.4, 0.5) is 4.79 Å². The fourth-order valence-corrected chi connectivity index (χ4v) is 3.56. The van der Waals surface area contributed by atoms with Gasteiger partial charge in [0.05, 0.1) is 11.7 Å². The van der Waals surface area contributed by atoms with Crippen molar-refractivity contribution in [3.8, 4) is 0 Å². The minimum Gasteiger partial charge on any atom is -0.393 e. The van der Waals surface area contributed by atoms with Crippen LogP contribution < -0.4 is 10.6 Å². The number of carbonyl (C=O) groups excluding carboxylic acids is 1. The van der Waals surface area contributed by atoms with E-state index >= 15 is 0 Å². The quantitative estimate of drug-likeness (QED) is 0.572. The Balaban J connectivity index is 1.82. The molecular formula is C20H32N2O3. The molecule has 5 heteroatoms. The average molecular weight is 348 g/mol. The van der Waals surface area contributed by atoms with E-state index in [-0.39, 0.29) is 11.9 Å². The van der Waals surface area contributed by atoms with Crippen molar-refractivity contribution in [3.63, 3.8) is 0 Å². The Hall–Kier alpha value is -1.59. The number of aliphatic hydroxyl groups is 2. The normalized spacial score (nSPS) is 19.5. The van der Waals surface area contributed by atoms with E-state index in [1.54, 1.807) is 6.92 Å². The van der Waals surface area contributed by atoms with Crippen molar-refractivity contribution >= 4 is 6.03 Å². The summed E-state index contributed by atoms with van der Waals surface area (Å²) in [6.07, 6.45) is 6.02. The Labute approximate surface area is 150 Å². The van der Waals surface area contributed by atoms with Crippen molar-refractivity contribution in [2.24, 2.45) is 0 Å². The molecule has 140 valence electrons. The van der Waals surface area contributed by atoms with Crippen LogP contribution in [0.15, 0.2) is 30.3 Å². The highest BCUT2D eigenvalue weighted by atomic mass is 16.3. The first-order chi connectivity index (χ1) is 12.0. The minimum absolute atomic E-state index is 0.0629. The van der Waals surface area contributed by atoms with Gasteiger partial charge >= 0.3 is 6.03 Å². The van der Waals surface area contributed by atoms with Gasteiger partial charge < -0.3 is 20.8 Å². The highest BCUT2D eigenvalue weighted by Crippen LogP contribution is 2.26. The average Bonchev–Trinajstić information content (AvgIpc) is 2.82. The smallest absolute Gasteiger partial charge is 0.314 e. The van der Waals surface area contributed by atoms with Gasteiger partial charge in [-0.1, -0.05) is 56.0 Å². The summed E-state index contributed by atoms with van der Waals surface area (Å²) >= 11 is 0. The lowest BCUT2D eigenvalue weighted by atomic mass is 9.93. The molecule has 1 aromatic rings. The van der Waals surface area contributed by atoms with Gasteiger partial charge in [-0.05, 0) is 31.7 Å². The monoisotopic (exact) mass is 348 g/mol. The van der Waals surface area contributed by atoms with Crippen molar-refractivity contribution in [2.75, 3.05) is 13.1 Å². The molecule has 2 atom stereocenters. The van der Waals surface area contributed by atoms with Crippen molar-refractivity contribution in [3.05, 3.63) is 35.9 Å². The Kier molecular flexibility index (Phi) is 7.72. The standard InChI is InChI=1S/C20H32N2O3/c1-16(23)13-18(17-9-5-4-6-10-17)14-21-19(24)22-15-20(25)11-7-2-3-8-12-20/h4-6,9-10,16,18,23,25H,2-3,7-8,11-15H2,1H3,(H2,21,22,24). The molecule has 2 rings (SSSR count). The van der Waals surface area contributed by atoms with Gasteiger partial charge in [0.1, 0.15) is 0 Å². The number of hydrogen-bond donors (Lipinski definition) is 4. The zero-order chi connectivity index (χ0) is 18.1. The van der Waals surface area contributed by atoms with Crippen LogP contribution >= 0.6 is 0 Å². The third-order valence-electron chi connectivity index (χ3n) is 5.02. The Morgan fingerprint density at radius 1 is 1.12 bits per heavy atom. The third kappa shape index (κ3) is 7.04. The van der Waals surface area contributed by atoms with Crippen LogP contribution in [0.25, 0.3) is 0 Å². The van der Waals surface area contributed by atoms with Gasteiger partial charge in [0.15, 0.2) is 0 Å². The molecule has 1 aromatic carbocycles. The topological polar surface area (TPSA) is 81.6 Å². The number of nitrogens with one attached hydrogen (secondary N) is 2. The van der Waals surface area contributed by atoms with Crippen molar-refractivity contribution in [1.29, 1.82) is 0 Å².